The van der Waals surface area contributed by atoms with Gasteiger partial charge in [-0.1, -0.05) is 12.1 Å². The number of fused-ring (bicyclic) bond motifs is 4. The van der Waals surface area contributed by atoms with Crippen LogP contribution in [0.25, 0.3) is 38.2 Å². The molecule has 0 aliphatic rings. The first-order valence-electron chi connectivity index (χ1n) is 10.6. The third kappa shape index (κ3) is 2.81. The van der Waals surface area contributed by atoms with Gasteiger partial charge in [0.15, 0.2) is 0 Å². The summed E-state index contributed by atoms with van der Waals surface area (Å²) in [5.74, 6) is 0. The number of nitrogens with one attached hydrogen (secondary N) is 1. The van der Waals surface area contributed by atoms with E-state index in [4.69, 9.17) is 10.1 Å². The van der Waals surface area contributed by atoms with E-state index in [9.17, 15) is 4.79 Å². The SMILES string of the molecule is Cc1cc2nc3c4ccc(NCCCCCO)c5cccc(c(=O)n3c2cc1C)c54. The molecule has 0 saturated heterocycles. The Labute approximate surface area is 174 Å². The van der Waals surface area contributed by atoms with Crippen molar-refractivity contribution in [2.45, 2.75) is 33.1 Å². The zero-order chi connectivity index (χ0) is 20.8. The molecule has 2 aromatic heterocycles. The Morgan fingerprint density at radius 3 is 2.60 bits per heavy atom. The highest BCUT2D eigenvalue weighted by Crippen LogP contribution is 2.34. The predicted octanol–water partition coefficient (Wildman–Crippen LogP) is 4.78. The van der Waals surface area contributed by atoms with E-state index in [0.717, 1.165) is 75.3 Å². The van der Waals surface area contributed by atoms with Gasteiger partial charge in [-0.25, -0.2) is 4.98 Å². The Hall–Kier alpha value is -3.18. The quantitative estimate of drug-likeness (QED) is 0.403. The molecule has 0 spiro atoms. The van der Waals surface area contributed by atoms with Gasteiger partial charge in [0.05, 0.1) is 11.0 Å². The number of rotatable bonds is 6. The number of anilines is 1. The van der Waals surface area contributed by atoms with Gasteiger partial charge in [-0.15, -0.1) is 0 Å². The van der Waals surface area contributed by atoms with Gasteiger partial charge in [0.2, 0.25) is 0 Å². The fourth-order valence-electron chi connectivity index (χ4n) is 4.40. The molecule has 0 aliphatic heterocycles. The second-order valence-corrected chi connectivity index (χ2v) is 8.10. The minimum absolute atomic E-state index is 0.0195. The average molecular weight is 399 g/mol. The highest BCUT2D eigenvalue weighted by molar-refractivity contribution is 6.18. The average Bonchev–Trinajstić information content (AvgIpc) is 3.11. The summed E-state index contributed by atoms with van der Waals surface area (Å²) >= 11 is 0. The Balaban J connectivity index is 1.74. The van der Waals surface area contributed by atoms with Gasteiger partial charge >= 0.3 is 0 Å². The molecule has 5 rings (SSSR count). The third-order valence-corrected chi connectivity index (χ3v) is 6.14. The molecule has 5 heteroatoms. The maximum atomic E-state index is 13.5. The van der Waals surface area contributed by atoms with Crippen LogP contribution in [-0.2, 0) is 0 Å². The van der Waals surface area contributed by atoms with Gasteiger partial charge < -0.3 is 10.4 Å². The van der Waals surface area contributed by atoms with E-state index in [0.29, 0.717) is 0 Å². The first-order valence-corrected chi connectivity index (χ1v) is 10.6. The van der Waals surface area contributed by atoms with Crippen LogP contribution in [0.2, 0.25) is 0 Å². The molecule has 0 unspecified atom stereocenters. The van der Waals surface area contributed by atoms with Crippen molar-refractivity contribution in [3.63, 3.8) is 0 Å². The Morgan fingerprint density at radius 1 is 0.967 bits per heavy atom. The molecule has 0 amide bonds. The fourth-order valence-corrected chi connectivity index (χ4v) is 4.40. The van der Waals surface area contributed by atoms with Crippen molar-refractivity contribution in [2.24, 2.45) is 0 Å². The summed E-state index contributed by atoms with van der Waals surface area (Å²) in [6.07, 6.45) is 2.82. The summed E-state index contributed by atoms with van der Waals surface area (Å²) in [4.78, 5) is 18.3. The highest BCUT2D eigenvalue weighted by atomic mass is 16.2. The van der Waals surface area contributed by atoms with Gasteiger partial charge in [0.1, 0.15) is 5.65 Å². The van der Waals surface area contributed by atoms with Crippen LogP contribution >= 0.6 is 0 Å². The molecular formula is C25H25N3O2. The first kappa shape index (κ1) is 18.8. The van der Waals surface area contributed by atoms with Crippen molar-refractivity contribution in [1.29, 1.82) is 0 Å². The number of nitrogens with zero attached hydrogens (tertiary/aromatic N) is 2. The molecule has 0 bridgehead atoms. The van der Waals surface area contributed by atoms with Crippen LogP contribution in [-0.4, -0.2) is 27.6 Å². The number of hydrogen-bond donors (Lipinski definition) is 2. The molecule has 5 aromatic rings. The van der Waals surface area contributed by atoms with E-state index in [1.54, 1.807) is 4.40 Å². The molecule has 0 fully saturated rings. The Kier molecular flexibility index (Phi) is 4.55. The molecule has 2 N–H and O–H groups in total. The number of unbranched alkanes of at least 4 members (excludes halogenated alkanes) is 2. The van der Waals surface area contributed by atoms with Crippen molar-refractivity contribution in [2.75, 3.05) is 18.5 Å². The molecule has 0 atom stereocenters. The Bertz CT molecular complexity index is 1450. The summed E-state index contributed by atoms with van der Waals surface area (Å²) < 4.78 is 1.76. The first-order chi connectivity index (χ1) is 14.6. The molecule has 0 aliphatic carbocycles. The molecule has 3 aromatic carbocycles. The zero-order valence-corrected chi connectivity index (χ0v) is 17.3. The van der Waals surface area contributed by atoms with Crippen LogP contribution in [0.15, 0.2) is 47.3 Å². The predicted molar refractivity (Wildman–Crippen MR) is 124 cm³/mol. The monoisotopic (exact) mass is 399 g/mol. The van der Waals surface area contributed by atoms with E-state index in [1.807, 2.05) is 12.1 Å². The molecule has 2 heterocycles. The zero-order valence-electron chi connectivity index (χ0n) is 17.3. The van der Waals surface area contributed by atoms with Crippen LogP contribution in [0.5, 0.6) is 0 Å². The van der Waals surface area contributed by atoms with Crippen molar-refractivity contribution in [3.05, 3.63) is 63.9 Å². The van der Waals surface area contributed by atoms with E-state index in [-0.39, 0.29) is 12.2 Å². The van der Waals surface area contributed by atoms with Crippen molar-refractivity contribution < 1.29 is 5.11 Å². The molecular weight excluding hydrogens is 374 g/mol. The van der Waals surface area contributed by atoms with E-state index in [2.05, 4.69) is 49.5 Å². The second kappa shape index (κ2) is 7.26. The van der Waals surface area contributed by atoms with Crippen LogP contribution in [0, 0.1) is 13.8 Å². The van der Waals surface area contributed by atoms with Crippen LogP contribution < -0.4 is 10.9 Å². The summed E-state index contributed by atoms with van der Waals surface area (Å²) in [5, 5.41) is 16.2. The lowest BCUT2D eigenvalue weighted by atomic mass is 10.0. The molecule has 0 radical (unpaired) electrons. The number of imidazole rings is 1. The largest absolute Gasteiger partial charge is 0.396 e. The summed E-state index contributed by atoms with van der Waals surface area (Å²) in [5.41, 5.74) is 5.78. The lowest BCUT2D eigenvalue weighted by Crippen LogP contribution is -2.13. The lowest BCUT2D eigenvalue weighted by Gasteiger charge is -2.13. The highest BCUT2D eigenvalue weighted by Gasteiger charge is 2.17. The number of pyridine rings is 1. The van der Waals surface area contributed by atoms with Crippen LogP contribution in [0.4, 0.5) is 5.69 Å². The summed E-state index contributed by atoms with van der Waals surface area (Å²) in [6, 6.07) is 14.2. The van der Waals surface area contributed by atoms with Gasteiger partial charge in [-0.2, -0.15) is 0 Å². The standard InChI is InChI=1S/C25H25N3O2/c1-15-13-21-22(14-16(15)2)28-24(27-21)18-9-10-20(26-11-4-3-5-12-29)17-7-6-8-19(23(17)18)25(28)30/h6-10,13-14,26,29H,3-5,11-12H2,1-2H3. The van der Waals surface area contributed by atoms with E-state index >= 15 is 0 Å². The third-order valence-electron chi connectivity index (χ3n) is 6.14. The number of aryl methyl sites for hydroxylation is 2. The van der Waals surface area contributed by atoms with Crippen molar-refractivity contribution in [3.8, 4) is 0 Å². The normalized spacial score (nSPS) is 12.0. The lowest BCUT2D eigenvalue weighted by molar-refractivity contribution is 0.283. The van der Waals surface area contributed by atoms with Gasteiger partial charge in [-0.05, 0) is 74.6 Å². The minimum atomic E-state index is -0.0195. The van der Waals surface area contributed by atoms with Gasteiger partial charge in [0, 0.05) is 40.4 Å². The number of aromatic nitrogens is 2. The molecule has 0 saturated carbocycles. The van der Waals surface area contributed by atoms with Crippen molar-refractivity contribution in [1.82, 2.24) is 9.38 Å². The van der Waals surface area contributed by atoms with Crippen LogP contribution in [0.1, 0.15) is 30.4 Å². The Morgan fingerprint density at radius 2 is 1.77 bits per heavy atom. The fraction of sp³-hybridized carbons (Fsp3) is 0.280. The second-order valence-electron chi connectivity index (χ2n) is 8.10. The minimum Gasteiger partial charge on any atom is -0.396 e. The molecule has 152 valence electrons. The van der Waals surface area contributed by atoms with E-state index < -0.39 is 0 Å². The molecule has 30 heavy (non-hydrogen) atoms. The summed E-state index contributed by atoms with van der Waals surface area (Å²) in [7, 11) is 0. The maximum Gasteiger partial charge on any atom is 0.264 e. The maximum absolute atomic E-state index is 13.5. The van der Waals surface area contributed by atoms with Gasteiger partial charge in [0.25, 0.3) is 5.56 Å². The van der Waals surface area contributed by atoms with E-state index in [1.165, 1.54) is 5.56 Å². The van der Waals surface area contributed by atoms with Crippen molar-refractivity contribution >= 4 is 43.9 Å². The van der Waals surface area contributed by atoms with Gasteiger partial charge in [-0.3, -0.25) is 9.20 Å². The number of aliphatic hydroxyl groups excluding tert-OH is 1. The number of benzene rings is 3. The number of aliphatic hydroxyl groups is 1. The smallest absolute Gasteiger partial charge is 0.264 e. The summed E-state index contributed by atoms with van der Waals surface area (Å²) in [6.45, 7) is 5.21. The number of hydrogen-bond acceptors (Lipinski definition) is 4. The molecule has 5 nitrogen and oxygen atoms in total. The topological polar surface area (TPSA) is 66.6 Å². The van der Waals surface area contributed by atoms with Crippen LogP contribution in [0.3, 0.4) is 0 Å².